The predicted octanol–water partition coefficient (Wildman–Crippen LogP) is 3.30. The Morgan fingerprint density at radius 1 is 1.09 bits per heavy atom. The number of nitrogens with zero attached hydrogens (tertiary/aromatic N) is 5. The first kappa shape index (κ1) is 22.1. The van der Waals surface area contributed by atoms with E-state index in [0.717, 1.165) is 29.7 Å². The van der Waals surface area contributed by atoms with Crippen molar-refractivity contribution < 1.29 is 14.1 Å². The van der Waals surface area contributed by atoms with Crippen LogP contribution in [0.25, 0.3) is 0 Å². The van der Waals surface area contributed by atoms with Gasteiger partial charge in [-0.05, 0) is 66.3 Å². The molecule has 9 heteroatoms. The molecule has 2 aliphatic heterocycles. The minimum Gasteiger partial charge on any atom is -0.612 e. The number of carbonyl (C=O) groups excluding carboxylic acids is 2. The topological polar surface area (TPSA) is 92.7 Å². The molecule has 1 fully saturated rings. The highest BCUT2D eigenvalue weighted by Gasteiger charge is 2.46. The summed E-state index contributed by atoms with van der Waals surface area (Å²) >= 11 is -1.33. The average Bonchev–Trinajstić information content (AvgIpc) is 3.66. The summed E-state index contributed by atoms with van der Waals surface area (Å²) in [4.78, 5) is 42.0. The zero-order valence-corrected chi connectivity index (χ0v) is 20.5. The summed E-state index contributed by atoms with van der Waals surface area (Å²) in [5.41, 5.74) is 2.83. The van der Waals surface area contributed by atoms with E-state index in [1.54, 1.807) is 47.6 Å². The van der Waals surface area contributed by atoms with Gasteiger partial charge < -0.3 is 14.4 Å². The summed E-state index contributed by atoms with van der Waals surface area (Å²) < 4.78 is 12.5. The van der Waals surface area contributed by atoms with Crippen molar-refractivity contribution >= 4 is 40.3 Å². The normalized spacial score (nSPS) is 22.3. The predicted molar refractivity (Wildman–Crippen MR) is 134 cm³/mol. The Morgan fingerprint density at radius 2 is 1.89 bits per heavy atom. The number of hydrogen-bond acceptors (Lipinski definition) is 6. The molecular weight excluding hydrogens is 462 g/mol. The molecule has 2 aromatic heterocycles. The number of aromatic nitrogens is 2. The summed E-state index contributed by atoms with van der Waals surface area (Å²) in [5, 5.41) is 0. The Balaban J connectivity index is 1.53. The first-order valence-electron chi connectivity index (χ1n) is 11.6. The molecule has 3 atom stereocenters. The first-order valence-corrected chi connectivity index (χ1v) is 13.2. The molecule has 1 aromatic carbocycles. The molecule has 4 heterocycles. The van der Waals surface area contributed by atoms with Crippen molar-refractivity contribution in [2.45, 2.75) is 42.8 Å². The van der Waals surface area contributed by atoms with Gasteiger partial charge in [-0.15, -0.1) is 0 Å². The number of anilines is 3. The van der Waals surface area contributed by atoms with Gasteiger partial charge >= 0.3 is 0 Å². The van der Waals surface area contributed by atoms with Crippen LogP contribution in [0.15, 0.2) is 59.8 Å². The Kier molecular flexibility index (Phi) is 5.08. The minimum absolute atomic E-state index is 0.0342. The van der Waals surface area contributed by atoms with Gasteiger partial charge in [0.1, 0.15) is 23.7 Å². The zero-order valence-electron chi connectivity index (χ0n) is 19.7. The fourth-order valence-electron chi connectivity index (χ4n) is 5.28. The number of fused-ring (bicyclic) bond motifs is 2. The van der Waals surface area contributed by atoms with Crippen molar-refractivity contribution in [2.24, 2.45) is 0 Å². The van der Waals surface area contributed by atoms with Crippen molar-refractivity contribution in [3.05, 3.63) is 71.5 Å². The van der Waals surface area contributed by atoms with Crippen molar-refractivity contribution in [3.8, 4) is 0 Å². The monoisotopic (exact) mass is 487 g/mol. The molecule has 0 saturated heterocycles. The van der Waals surface area contributed by atoms with Crippen LogP contribution in [0.1, 0.15) is 47.3 Å². The molecule has 35 heavy (non-hydrogen) atoms. The van der Waals surface area contributed by atoms with Crippen LogP contribution in [0.3, 0.4) is 0 Å². The van der Waals surface area contributed by atoms with Crippen molar-refractivity contribution in [2.75, 3.05) is 28.0 Å². The third-order valence-corrected chi connectivity index (χ3v) is 8.05. The highest BCUT2D eigenvalue weighted by molar-refractivity contribution is 7.90. The number of pyridine rings is 2. The van der Waals surface area contributed by atoms with Crippen LogP contribution in [-0.4, -0.2) is 51.7 Å². The fourth-order valence-corrected chi connectivity index (χ4v) is 6.05. The van der Waals surface area contributed by atoms with Crippen LogP contribution in [0.4, 0.5) is 17.3 Å². The largest absolute Gasteiger partial charge is 0.612 e. The number of hydrogen-bond donors (Lipinski definition) is 0. The maximum Gasteiger partial charge on any atom is 0.265 e. The number of benzene rings is 1. The van der Waals surface area contributed by atoms with Crippen LogP contribution < -0.4 is 14.7 Å². The van der Waals surface area contributed by atoms with E-state index < -0.39 is 17.2 Å². The second-order valence-corrected chi connectivity index (χ2v) is 10.6. The molecule has 6 rings (SSSR count). The lowest BCUT2D eigenvalue weighted by molar-refractivity contribution is -0.119. The fraction of sp³-hybridized carbons (Fsp3) is 0.308. The molecule has 3 unspecified atom stereocenters. The molecule has 178 valence electrons. The second-order valence-electron chi connectivity index (χ2n) is 9.26. The Labute approximate surface area is 206 Å². The van der Waals surface area contributed by atoms with Gasteiger partial charge in [0.2, 0.25) is 5.91 Å². The highest BCUT2D eigenvalue weighted by atomic mass is 32.2. The van der Waals surface area contributed by atoms with Gasteiger partial charge in [0.05, 0.1) is 11.7 Å². The SMILES string of the molecule is CC1C(=O)N(C)c2ccc(N3C(=O)c4c(cccc4[S+](C)[O-])C3c3cccnc3)nc2N1C1CC1. The molecule has 1 aliphatic carbocycles. The van der Waals surface area contributed by atoms with E-state index in [1.807, 2.05) is 37.3 Å². The number of likely N-dealkylation sites (N-methyl/N-ethyl adjacent to an activating group) is 1. The van der Waals surface area contributed by atoms with Gasteiger partial charge in [-0.2, -0.15) is 0 Å². The lowest BCUT2D eigenvalue weighted by Crippen LogP contribution is -2.52. The highest BCUT2D eigenvalue weighted by Crippen LogP contribution is 2.46. The quantitative estimate of drug-likeness (QED) is 0.525. The first-order chi connectivity index (χ1) is 16.9. The Bertz CT molecular complexity index is 1340. The molecule has 2 amide bonds. The van der Waals surface area contributed by atoms with Crippen molar-refractivity contribution in [1.29, 1.82) is 0 Å². The van der Waals surface area contributed by atoms with Crippen LogP contribution in [-0.2, 0) is 16.0 Å². The molecule has 8 nitrogen and oxygen atoms in total. The van der Waals surface area contributed by atoms with Crippen LogP contribution >= 0.6 is 0 Å². The van der Waals surface area contributed by atoms with Gasteiger partial charge in [0.15, 0.2) is 10.7 Å². The maximum atomic E-state index is 13.9. The smallest absolute Gasteiger partial charge is 0.265 e. The van der Waals surface area contributed by atoms with Gasteiger partial charge in [-0.25, -0.2) is 4.98 Å². The van der Waals surface area contributed by atoms with Gasteiger partial charge in [-0.1, -0.05) is 18.2 Å². The lowest BCUT2D eigenvalue weighted by atomic mass is 9.99. The van der Waals surface area contributed by atoms with Gasteiger partial charge in [0, 0.05) is 25.5 Å². The number of rotatable bonds is 4. The molecule has 3 aliphatic rings. The second kappa shape index (κ2) is 8.07. The summed E-state index contributed by atoms with van der Waals surface area (Å²) in [6.45, 7) is 1.91. The van der Waals surface area contributed by atoms with E-state index in [2.05, 4.69) is 9.88 Å². The van der Waals surface area contributed by atoms with E-state index in [-0.39, 0.29) is 23.9 Å². The van der Waals surface area contributed by atoms with E-state index in [4.69, 9.17) is 4.98 Å². The Hall–Kier alpha value is -3.43. The molecule has 1 saturated carbocycles. The summed E-state index contributed by atoms with van der Waals surface area (Å²) in [7, 11) is 1.77. The van der Waals surface area contributed by atoms with E-state index in [9.17, 15) is 14.1 Å². The van der Waals surface area contributed by atoms with Crippen molar-refractivity contribution in [1.82, 2.24) is 9.97 Å². The summed E-state index contributed by atoms with van der Waals surface area (Å²) in [5.74, 6) is 1.00. The van der Waals surface area contributed by atoms with Gasteiger partial charge in [0.25, 0.3) is 5.91 Å². The third kappa shape index (κ3) is 3.33. The lowest BCUT2D eigenvalue weighted by Gasteiger charge is -2.40. The molecule has 0 spiro atoms. The molecule has 3 aromatic rings. The summed E-state index contributed by atoms with van der Waals surface area (Å²) in [6.07, 6.45) is 7.07. The average molecular weight is 488 g/mol. The van der Waals surface area contributed by atoms with Crippen LogP contribution in [0, 0.1) is 0 Å². The maximum absolute atomic E-state index is 13.9. The molecule has 0 bridgehead atoms. The van der Waals surface area contributed by atoms with Crippen molar-refractivity contribution in [3.63, 3.8) is 0 Å². The minimum atomic E-state index is -1.33. The van der Waals surface area contributed by atoms with Gasteiger partial charge in [-0.3, -0.25) is 19.5 Å². The number of amides is 2. The van der Waals surface area contributed by atoms with E-state index in [0.29, 0.717) is 22.1 Å². The molecule has 0 N–H and O–H groups in total. The third-order valence-electron chi connectivity index (χ3n) is 7.09. The molecular formula is C26H25N5O3S. The number of carbonyl (C=O) groups is 2. The standard InChI is InChI=1S/C26H25N5O3S/c1-15-25(32)29(2)19-11-12-21(28-24(19)30(15)17-9-10-17)31-23(16-6-5-13-27-14-16)18-7-4-8-20(35(3)34)22(18)26(31)33/h4-8,11-15,17,23H,9-10H2,1-3H3. The van der Waals surface area contributed by atoms with E-state index in [1.165, 1.54) is 0 Å². The Morgan fingerprint density at radius 3 is 2.57 bits per heavy atom. The van der Waals surface area contributed by atoms with E-state index >= 15 is 0 Å². The van der Waals surface area contributed by atoms with Crippen LogP contribution in [0.5, 0.6) is 0 Å². The zero-order chi connectivity index (χ0) is 24.4. The van der Waals surface area contributed by atoms with Crippen LogP contribution in [0.2, 0.25) is 0 Å². The molecule has 0 radical (unpaired) electrons. The summed E-state index contributed by atoms with van der Waals surface area (Å²) in [6, 6.07) is 12.4.